The zero-order valence-corrected chi connectivity index (χ0v) is 15.5. The summed E-state index contributed by atoms with van der Waals surface area (Å²) < 4.78 is 1.15. The van der Waals surface area contributed by atoms with Crippen LogP contribution in [0.2, 0.25) is 0 Å². The van der Waals surface area contributed by atoms with Crippen molar-refractivity contribution in [3.63, 3.8) is 0 Å². The van der Waals surface area contributed by atoms with Crippen LogP contribution in [-0.4, -0.2) is 0 Å². The Hall–Kier alpha value is -1.08. The van der Waals surface area contributed by atoms with Crippen LogP contribution in [0.25, 0.3) is 11.1 Å². The third-order valence-electron chi connectivity index (χ3n) is 3.89. The van der Waals surface area contributed by atoms with E-state index in [-0.39, 0.29) is 10.8 Å². The van der Waals surface area contributed by atoms with Crippen LogP contribution in [0.15, 0.2) is 46.9 Å². The fraction of sp³-hybridized carbons (Fsp3) is 0.400. The predicted molar refractivity (Wildman–Crippen MR) is 97.0 cm³/mol. The topological polar surface area (TPSA) is 0 Å². The van der Waals surface area contributed by atoms with Crippen molar-refractivity contribution in [3.8, 4) is 11.1 Å². The molecule has 0 heterocycles. The van der Waals surface area contributed by atoms with Gasteiger partial charge in [0, 0.05) is 4.47 Å². The second-order valence-electron chi connectivity index (χ2n) is 7.77. The van der Waals surface area contributed by atoms with E-state index in [9.17, 15) is 0 Å². The average Bonchev–Trinajstić information content (AvgIpc) is 2.37. The first-order valence-corrected chi connectivity index (χ1v) is 8.29. The summed E-state index contributed by atoms with van der Waals surface area (Å²) in [6.45, 7) is 13.5. The Balaban J connectivity index is 2.47. The maximum atomic E-state index is 3.69. The van der Waals surface area contributed by atoms with Gasteiger partial charge < -0.3 is 0 Å². The quantitative estimate of drug-likeness (QED) is 0.539. The molecule has 0 atom stereocenters. The van der Waals surface area contributed by atoms with Gasteiger partial charge in [0.05, 0.1) is 0 Å². The van der Waals surface area contributed by atoms with Gasteiger partial charge in [-0.1, -0.05) is 87.8 Å². The molecule has 112 valence electrons. The molecule has 0 bridgehead atoms. The van der Waals surface area contributed by atoms with Crippen molar-refractivity contribution in [2.75, 3.05) is 0 Å². The van der Waals surface area contributed by atoms with E-state index >= 15 is 0 Å². The highest BCUT2D eigenvalue weighted by Gasteiger charge is 2.17. The zero-order chi connectivity index (χ0) is 15.8. The van der Waals surface area contributed by atoms with E-state index in [4.69, 9.17) is 0 Å². The van der Waals surface area contributed by atoms with Gasteiger partial charge in [-0.25, -0.2) is 0 Å². The number of benzene rings is 2. The molecule has 0 fully saturated rings. The maximum absolute atomic E-state index is 3.69. The van der Waals surface area contributed by atoms with Crippen molar-refractivity contribution < 1.29 is 0 Å². The van der Waals surface area contributed by atoms with Crippen LogP contribution >= 0.6 is 15.9 Å². The minimum atomic E-state index is 0.167. The molecule has 0 aromatic heterocycles. The van der Waals surface area contributed by atoms with E-state index in [1.54, 1.807) is 0 Å². The van der Waals surface area contributed by atoms with Crippen LogP contribution in [0.1, 0.15) is 52.7 Å². The van der Waals surface area contributed by atoms with Crippen LogP contribution in [-0.2, 0) is 10.8 Å². The Morgan fingerprint density at radius 2 is 1.14 bits per heavy atom. The standard InChI is InChI=1S/C20H25Br/c1-19(2,3)15-9-7-14(8-10-15)17-13-16(20(4,5)6)11-12-18(17)21/h7-13H,1-6H3. The summed E-state index contributed by atoms with van der Waals surface area (Å²) in [6.07, 6.45) is 0. The molecule has 0 amide bonds. The van der Waals surface area contributed by atoms with Gasteiger partial charge >= 0.3 is 0 Å². The SMILES string of the molecule is CC(C)(C)c1ccc(-c2cc(C(C)(C)C)ccc2Br)cc1. The summed E-state index contributed by atoms with van der Waals surface area (Å²) in [4.78, 5) is 0. The summed E-state index contributed by atoms with van der Waals surface area (Å²) in [5.74, 6) is 0. The second-order valence-corrected chi connectivity index (χ2v) is 8.63. The van der Waals surface area contributed by atoms with E-state index in [0.29, 0.717) is 0 Å². The van der Waals surface area contributed by atoms with Gasteiger partial charge in [-0.15, -0.1) is 0 Å². The van der Waals surface area contributed by atoms with Crippen LogP contribution in [0.3, 0.4) is 0 Å². The molecule has 0 nitrogen and oxygen atoms in total. The van der Waals surface area contributed by atoms with Crippen molar-refractivity contribution in [1.29, 1.82) is 0 Å². The normalized spacial score (nSPS) is 12.5. The number of halogens is 1. The molecular weight excluding hydrogens is 320 g/mol. The van der Waals surface area contributed by atoms with Crippen molar-refractivity contribution in [3.05, 3.63) is 58.1 Å². The summed E-state index contributed by atoms with van der Waals surface area (Å²) >= 11 is 3.69. The molecule has 0 saturated heterocycles. The van der Waals surface area contributed by atoms with Crippen LogP contribution in [0.5, 0.6) is 0 Å². The van der Waals surface area contributed by atoms with E-state index in [1.807, 2.05) is 0 Å². The summed E-state index contributed by atoms with van der Waals surface area (Å²) in [5.41, 5.74) is 5.63. The first-order valence-electron chi connectivity index (χ1n) is 7.50. The van der Waals surface area contributed by atoms with Crippen molar-refractivity contribution >= 4 is 15.9 Å². The lowest BCUT2D eigenvalue weighted by atomic mass is 9.84. The molecule has 2 aromatic rings. The highest BCUT2D eigenvalue weighted by molar-refractivity contribution is 9.10. The van der Waals surface area contributed by atoms with E-state index in [0.717, 1.165) is 4.47 Å². The Bertz CT molecular complexity index is 622. The fourth-order valence-electron chi connectivity index (χ4n) is 2.36. The first-order chi connectivity index (χ1) is 9.59. The van der Waals surface area contributed by atoms with Gasteiger partial charge in [-0.05, 0) is 45.2 Å². The zero-order valence-electron chi connectivity index (χ0n) is 13.9. The molecule has 0 radical (unpaired) electrons. The van der Waals surface area contributed by atoms with Crippen LogP contribution < -0.4 is 0 Å². The van der Waals surface area contributed by atoms with Gasteiger partial charge in [-0.2, -0.15) is 0 Å². The fourth-order valence-corrected chi connectivity index (χ4v) is 2.84. The van der Waals surface area contributed by atoms with Crippen molar-refractivity contribution in [2.24, 2.45) is 0 Å². The molecule has 0 aliphatic heterocycles. The molecule has 2 rings (SSSR count). The molecule has 1 heteroatoms. The maximum Gasteiger partial charge on any atom is 0.0253 e. The predicted octanol–water partition coefficient (Wildman–Crippen LogP) is 6.71. The lowest BCUT2D eigenvalue weighted by Crippen LogP contribution is -2.11. The van der Waals surface area contributed by atoms with E-state index < -0.39 is 0 Å². The monoisotopic (exact) mass is 344 g/mol. The van der Waals surface area contributed by atoms with E-state index in [2.05, 4.69) is 99.9 Å². The smallest absolute Gasteiger partial charge is 0.0253 e. The van der Waals surface area contributed by atoms with Gasteiger partial charge in [0.25, 0.3) is 0 Å². The lowest BCUT2D eigenvalue weighted by Gasteiger charge is -2.21. The summed E-state index contributed by atoms with van der Waals surface area (Å²) in [7, 11) is 0. The highest BCUT2D eigenvalue weighted by atomic mass is 79.9. The number of hydrogen-bond donors (Lipinski definition) is 0. The Labute approximate surface area is 137 Å². The second kappa shape index (κ2) is 5.61. The Morgan fingerprint density at radius 1 is 0.667 bits per heavy atom. The van der Waals surface area contributed by atoms with Gasteiger partial charge in [0.1, 0.15) is 0 Å². The Morgan fingerprint density at radius 3 is 1.62 bits per heavy atom. The molecule has 0 saturated carbocycles. The van der Waals surface area contributed by atoms with Gasteiger partial charge in [0.15, 0.2) is 0 Å². The molecule has 0 N–H and O–H groups in total. The Kier molecular flexibility index (Phi) is 4.35. The van der Waals surface area contributed by atoms with Gasteiger partial charge in [-0.3, -0.25) is 0 Å². The van der Waals surface area contributed by atoms with Crippen molar-refractivity contribution in [1.82, 2.24) is 0 Å². The van der Waals surface area contributed by atoms with Crippen LogP contribution in [0, 0.1) is 0 Å². The summed E-state index contributed by atoms with van der Waals surface area (Å²) in [6, 6.07) is 15.6. The molecule has 0 unspecified atom stereocenters. The first kappa shape index (κ1) is 16.3. The largest absolute Gasteiger partial charge is 0.0579 e. The highest BCUT2D eigenvalue weighted by Crippen LogP contribution is 2.34. The van der Waals surface area contributed by atoms with Crippen LogP contribution in [0.4, 0.5) is 0 Å². The summed E-state index contributed by atoms with van der Waals surface area (Å²) in [5, 5.41) is 0. The van der Waals surface area contributed by atoms with E-state index in [1.165, 1.54) is 22.3 Å². The molecule has 0 aliphatic carbocycles. The number of hydrogen-bond acceptors (Lipinski definition) is 0. The van der Waals surface area contributed by atoms with Gasteiger partial charge in [0.2, 0.25) is 0 Å². The molecule has 0 aliphatic rings. The third kappa shape index (κ3) is 3.77. The minimum absolute atomic E-state index is 0.167. The molecule has 21 heavy (non-hydrogen) atoms. The molecule has 2 aromatic carbocycles. The molecular formula is C20H25Br. The van der Waals surface area contributed by atoms with Crippen molar-refractivity contribution in [2.45, 2.75) is 52.4 Å². The number of rotatable bonds is 1. The molecule has 0 spiro atoms. The minimum Gasteiger partial charge on any atom is -0.0579 e. The average molecular weight is 345 g/mol. The lowest BCUT2D eigenvalue weighted by molar-refractivity contribution is 0.590. The third-order valence-corrected chi connectivity index (χ3v) is 4.59.